The largest absolute Gasteiger partial charge is 0.326 e. The maximum absolute atomic E-state index is 12.1. The molecule has 0 aliphatic carbocycles. The molecule has 1 aromatic carbocycles. The van der Waals surface area contributed by atoms with Gasteiger partial charge >= 0.3 is 0 Å². The third kappa shape index (κ3) is 5.28. The van der Waals surface area contributed by atoms with Crippen molar-refractivity contribution in [3.05, 3.63) is 24.3 Å². The summed E-state index contributed by atoms with van der Waals surface area (Å²) in [6, 6.07) is 6.06. The zero-order valence-electron chi connectivity index (χ0n) is 11.9. The molecule has 3 N–H and O–H groups in total. The molecule has 112 valence electrons. The van der Waals surface area contributed by atoms with E-state index in [0.717, 1.165) is 6.54 Å². The van der Waals surface area contributed by atoms with E-state index >= 15 is 0 Å². The van der Waals surface area contributed by atoms with Crippen LogP contribution >= 0.6 is 0 Å². The van der Waals surface area contributed by atoms with Crippen LogP contribution in [0.15, 0.2) is 29.2 Å². The molecule has 0 saturated carbocycles. The van der Waals surface area contributed by atoms with Gasteiger partial charge in [0.05, 0.1) is 4.90 Å². The van der Waals surface area contributed by atoms with E-state index in [-0.39, 0.29) is 16.7 Å². The zero-order valence-corrected chi connectivity index (χ0v) is 12.8. The Morgan fingerprint density at radius 1 is 1.20 bits per heavy atom. The molecular weight excluding hydrogens is 278 g/mol. The fourth-order valence-electron chi connectivity index (χ4n) is 1.68. The van der Waals surface area contributed by atoms with Crippen molar-refractivity contribution in [1.29, 1.82) is 0 Å². The summed E-state index contributed by atoms with van der Waals surface area (Å²) in [5.74, 6) is 0.00745. The van der Waals surface area contributed by atoms with Gasteiger partial charge in [0, 0.05) is 19.2 Å². The Morgan fingerprint density at radius 2 is 1.80 bits per heavy atom. The second-order valence-electron chi connectivity index (χ2n) is 4.72. The van der Waals surface area contributed by atoms with Crippen molar-refractivity contribution < 1.29 is 13.2 Å². The molecule has 1 aromatic rings. The van der Waals surface area contributed by atoms with Crippen LogP contribution in [0.3, 0.4) is 0 Å². The lowest BCUT2D eigenvalue weighted by atomic mass is 10.2. The van der Waals surface area contributed by atoms with E-state index in [1.807, 2.05) is 14.0 Å². The van der Waals surface area contributed by atoms with Gasteiger partial charge in [-0.05, 0) is 43.8 Å². The molecule has 0 saturated heterocycles. The van der Waals surface area contributed by atoms with Gasteiger partial charge in [-0.1, -0.05) is 6.92 Å². The number of nitrogens with one attached hydrogen (secondary N) is 3. The van der Waals surface area contributed by atoms with E-state index < -0.39 is 10.0 Å². The first-order valence-electron chi connectivity index (χ1n) is 6.37. The van der Waals surface area contributed by atoms with Crippen LogP contribution in [-0.2, 0) is 14.8 Å². The van der Waals surface area contributed by atoms with Crippen molar-refractivity contribution in [2.75, 3.05) is 25.5 Å². The third-order valence-corrected chi connectivity index (χ3v) is 4.10. The highest BCUT2D eigenvalue weighted by atomic mass is 32.2. The van der Waals surface area contributed by atoms with Crippen molar-refractivity contribution in [2.45, 2.75) is 18.7 Å². The third-order valence-electron chi connectivity index (χ3n) is 2.66. The average Bonchev–Trinajstić information content (AvgIpc) is 2.37. The number of benzene rings is 1. The van der Waals surface area contributed by atoms with E-state index in [4.69, 9.17) is 0 Å². The van der Waals surface area contributed by atoms with Gasteiger partial charge in [0.1, 0.15) is 0 Å². The molecule has 6 nitrogen and oxygen atoms in total. The second-order valence-corrected chi connectivity index (χ2v) is 6.49. The molecule has 0 aromatic heterocycles. The predicted molar refractivity (Wildman–Crippen MR) is 79.0 cm³/mol. The van der Waals surface area contributed by atoms with E-state index in [9.17, 15) is 13.2 Å². The number of carbonyl (C=O) groups excluding carboxylic acids is 1. The molecule has 0 fully saturated rings. The van der Waals surface area contributed by atoms with Gasteiger partial charge < -0.3 is 10.6 Å². The maximum Gasteiger partial charge on any atom is 0.240 e. The van der Waals surface area contributed by atoms with Crippen LogP contribution in [0.5, 0.6) is 0 Å². The Labute approximate surface area is 120 Å². The van der Waals surface area contributed by atoms with Gasteiger partial charge in [0.25, 0.3) is 0 Å². The Morgan fingerprint density at radius 3 is 2.30 bits per heavy atom. The molecule has 20 heavy (non-hydrogen) atoms. The fraction of sp³-hybridized carbons (Fsp3) is 0.462. The number of hydrogen-bond acceptors (Lipinski definition) is 4. The number of sulfonamides is 1. The number of anilines is 1. The lowest BCUT2D eigenvalue weighted by Gasteiger charge is -2.12. The van der Waals surface area contributed by atoms with Crippen LogP contribution in [0.4, 0.5) is 5.69 Å². The van der Waals surface area contributed by atoms with Crippen LogP contribution in [-0.4, -0.2) is 34.5 Å². The molecule has 1 rings (SSSR count). The summed E-state index contributed by atoms with van der Waals surface area (Å²) in [6.07, 6.45) is 0. The van der Waals surface area contributed by atoms with Crippen molar-refractivity contribution in [3.63, 3.8) is 0 Å². The minimum Gasteiger partial charge on any atom is -0.326 e. The monoisotopic (exact) mass is 299 g/mol. The quantitative estimate of drug-likeness (QED) is 0.694. The van der Waals surface area contributed by atoms with Crippen molar-refractivity contribution in [2.24, 2.45) is 5.92 Å². The minimum absolute atomic E-state index is 0.184. The predicted octanol–water partition coefficient (Wildman–Crippen LogP) is 0.779. The highest BCUT2D eigenvalue weighted by Crippen LogP contribution is 2.14. The van der Waals surface area contributed by atoms with E-state index in [2.05, 4.69) is 15.4 Å². The molecule has 0 heterocycles. The zero-order chi connectivity index (χ0) is 15.2. The molecule has 1 atom stereocenters. The summed E-state index contributed by atoms with van der Waals surface area (Å²) < 4.78 is 26.7. The van der Waals surface area contributed by atoms with Gasteiger partial charge in [0.15, 0.2) is 0 Å². The van der Waals surface area contributed by atoms with Gasteiger partial charge in [-0.15, -0.1) is 0 Å². The Kier molecular flexibility index (Phi) is 6.12. The SMILES string of the molecule is CNCC(C)CNS(=O)(=O)c1ccc(NC(C)=O)cc1. The van der Waals surface area contributed by atoms with Crippen LogP contribution < -0.4 is 15.4 Å². The average molecular weight is 299 g/mol. The minimum atomic E-state index is -3.51. The normalized spacial score (nSPS) is 12.9. The first-order valence-corrected chi connectivity index (χ1v) is 7.85. The van der Waals surface area contributed by atoms with E-state index in [0.29, 0.717) is 12.2 Å². The van der Waals surface area contributed by atoms with Crippen LogP contribution in [0.1, 0.15) is 13.8 Å². The van der Waals surface area contributed by atoms with Crippen LogP contribution in [0, 0.1) is 5.92 Å². The lowest BCUT2D eigenvalue weighted by Crippen LogP contribution is -2.32. The molecule has 7 heteroatoms. The molecule has 0 bridgehead atoms. The summed E-state index contributed by atoms with van der Waals surface area (Å²) in [4.78, 5) is 11.1. The summed E-state index contributed by atoms with van der Waals surface area (Å²) in [5, 5.41) is 5.58. The number of carbonyl (C=O) groups is 1. The fourth-order valence-corrected chi connectivity index (χ4v) is 2.84. The van der Waals surface area contributed by atoms with Gasteiger partial charge in [-0.2, -0.15) is 0 Å². The molecule has 1 amide bonds. The first-order chi connectivity index (χ1) is 9.35. The lowest BCUT2D eigenvalue weighted by molar-refractivity contribution is -0.114. The van der Waals surface area contributed by atoms with Crippen molar-refractivity contribution in [3.8, 4) is 0 Å². The summed E-state index contributed by atoms with van der Waals surface area (Å²) >= 11 is 0. The Hall–Kier alpha value is -1.44. The number of amides is 1. The van der Waals surface area contributed by atoms with Gasteiger partial charge in [0.2, 0.25) is 15.9 Å². The highest BCUT2D eigenvalue weighted by Gasteiger charge is 2.14. The molecule has 0 radical (unpaired) electrons. The molecular formula is C13H21N3O3S. The van der Waals surface area contributed by atoms with Gasteiger partial charge in [-0.25, -0.2) is 13.1 Å². The van der Waals surface area contributed by atoms with E-state index in [1.54, 1.807) is 12.1 Å². The molecule has 0 spiro atoms. The highest BCUT2D eigenvalue weighted by molar-refractivity contribution is 7.89. The summed E-state index contributed by atoms with van der Waals surface area (Å²) in [7, 11) is -1.68. The van der Waals surface area contributed by atoms with E-state index in [1.165, 1.54) is 19.1 Å². The molecule has 1 unspecified atom stereocenters. The van der Waals surface area contributed by atoms with Crippen molar-refractivity contribution >= 4 is 21.6 Å². The molecule has 0 aliphatic rings. The topological polar surface area (TPSA) is 87.3 Å². The summed E-state index contributed by atoms with van der Waals surface area (Å²) in [6.45, 7) is 4.47. The van der Waals surface area contributed by atoms with Crippen molar-refractivity contribution in [1.82, 2.24) is 10.0 Å². The number of hydrogen-bond donors (Lipinski definition) is 3. The maximum atomic E-state index is 12.1. The van der Waals surface area contributed by atoms with Crippen LogP contribution in [0.2, 0.25) is 0 Å². The van der Waals surface area contributed by atoms with Crippen LogP contribution in [0.25, 0.3) is 0 Å². The smallest absolute Gasteiger partial charge is 0.240 e. The Bertz CT molecular complexity index is 540. The molecule has 0 aliphatic heterocycles. The standard InChI is InChI=1S/C13H21N3O3S/c1-10(8-14-3)9-15-20(18,19)13-6-4-12(5-7-13)16-11(2)17/h4-7,10,14-15H,8-9H2,1-3H3,(H,16,17). The summed E-state index contributed by atoms with van der Waals surface area (Å²) in [5.41, 5.74) is 0.569. The first kappa shape index (κ1) is 16.6. The number of rotatable bonds is 7. The Balaban J connectivity index is 2.70. The van der Waals surface area contributed by atoms with Gasteiger partial charge in [-0.3, -0.25) is 4.79 Å². The second kappa shape index (κ2) is 7.37.